The summed E-state index contributed by atoms with van der Waals surface area (Å²) >= 11 is 0. The maximum absolute atomic E-state index is 15.5. The predicted molar refractivity (Wildman–Crippen MR) is 162 cm³/mol. The third kappa shape index (κ3) is 6.33. The number of amides is 2. The van der Waals surface area contributed by atoms with E-state index in [9.17, 15) is 27.9 Å². The number of pyridine rings is 1. The number of hydrogen-bond donors (Lipinski definition) is 3. The van der Waals surface area contributed by atoms with Crippen molar-refractivity contribution in [1.82, 2.24) is 20.1 Å². The van der Waals surface area contributed by atoms with Crippen LogP contribution in [0.3, 0.4) is 0 Å². The third-order valence-electron chi connectivity index (χ3n) is 8.47. The van der Waals surface area contributed by atoms with Gasteiger partial charge < -0.3 is 25.6 Å². The maximum atomic E-state index is 15.5. The van der Waals surface area contributed by atoms with Crippen LogP contribution in [0.25, 0.3) is 22.2 Å². The van der Waals surface area contributed by atoms with E-state index in [1.165, 1.54) is 13.2 Å². The van der Waals surface area contributed by atoms with Crippen molar-refractivity contribution in [2.45, 2.75) is 56.8 Å². The number of fused-ring (bicyclic) bond motifs is 1. The largest absolute Gasteiger partial charge is 0.494 e. The quantitative estimate of drug-likeness (QED) is 0.181. The molecule has 1 atom stereocenters. The molecule has 2 amide bonds. The number of ether oxygens (including phenoxy) is 2. The van der Waals surface area contributed by atoms with Gasteiger partial charge in [0, 0.05) is 28.3 Å². The Bertz CT molecular complexity index is 1870. The van der Waals surface area contributed by atoms with Crippen molar-refractivity contribution in [3.8, 4) is 22.8 Å². The molecule has 47 heavy (non-hydrogen) atoms. The monoisotopic (exact) mass is 655 g/mol. The molecule has 0 saturated heterocycles. The normalized spacial score (nSPS) is 16.1. The Hall–Kier alpha value is -4.72. The zero-order valence-corrected chi connectivity index (χ0v) is 25.7. The summed E-state index contributed by atoms with van der Waals surface area (Å²) in [5.74, 6) is -3.05. The standard InChI is InChI=1S/C33H33F4N5O5/c1-3-47-30-17(14-26(38)43)13-25(40-29(30)22-5-4-6-23(27(22)34)33(35,36)37)32(45,20-7-8-20)16-39-31(44)18-11-19-15-42(21-9-10-21)41-28(19)24(12-18)46-2/h4-6,11-13,15,20-21,45H,3,7-10,14,16H2,1-2H3,(H2,38,43)(H,39,44)/t32-/m1/s1. The molecular formula is C33H33F4N5O5. The lowest BCUT2D eigenvalue weighted by molar-refractivity contribution is -0.139. The van der Waals surface area contributed by atoms with E-state index in [0.29, 0.717) is 41.6 Å². The van der Waals surface area contributed by atoms with Crippen molar-refractivity contribution in [3.05, 3.63) is 70.8 Å². The van der Waals surface area contributed by atoms with Gasteiger partial charge in [0.05, 0.1) is 44.0 Å². The van der Waals surface area contributed by atoms with Crippen molar-refractivity contribution < 1.29 is 41.7 Å². The van der Waals surface area contributed by atoms with Crippen LogP contribution in [0.2, 0.25) is 0 Å². The highest BCUT2D eigenvalue weighted by atomic mass is 19.4. The Balaban J connectivity index is 1.40. The van der Waals surface area contributed by atoms with Crippen LogP contribution in [0.15, 0.2) is 42.6 Å². The average molecular weight is 656 g/mol. The summed E-state index contributed by atoms with van der Waals surface area (Å²) in [5, 5.41) is 20.2. The van der Waals surface area contributed by atoms with Crippen LogP contribution in [-0.2, 0) is 23.0 Å². The van der Waals surface area contributed by atoms with Crippen molar-refractivity contribution in [3.63, 3.8) is 0 Å². The Morgan fingerprint density at radius 2 is 1.89 bits per heavy atom. The minimum atomic E-state index is -5.00. The number of nitrogens with two attached hydrogens (primary N) is 1. The Kier molecular flexibility index (Phi) is 8.32. The Morgan fingerprint density at radius 1 is 1.15 bits per heavy atom. The second-order valence-electron chi connectivity index (χ2n) is 11.9. The fourth-order valence-corrected chi connectivity index (χ4v) is 5.81. The highest BCUT2D eigenvalue weighted by Crippen LogP contribution is 2.47. The molecule has 2 saturated carbocycles. The van der Waals surface area contributed by atoms with Crippen molar-refractivity contribution >= 4 is 22.7 Å². The molecule has 2 aromatic heterocycles. The van der Waals surface area contributed by atoms with E-state index in [2.05, 4.69) is 15.4 Å². The summed E-state index contributed by atoms with van der Waals surface area (Å²) in [6, 6.07) is 7.65. The smallest absolute Gasteiger partial charge is 0.419 e. The summed E-state index contributed by atoms with van der Waals surface area (Å²) in [7, 11) is 1.48. The summed E-state index contributed by atoms with van der Waals surface area (Å²) in [5.41, 5.74) is 2.15. The molecule has 10 nitrogen and oxygen atoms in total. The molecule has 0 spiro atoms. The number of alkyl halides is 3. The molecular weight excluding hydrogens is 622 g/mol. The van der Waals surface area contributed by atoms with Gasteiger partial charge in [-0.25, -0.2) is 9.37 Å². The molecule has 2 aromatic carbocycles. The fraction of sp³-hybridized carbons (Fsp3) is 0.394. The molecule has 0 radical (unpaired) electrons. The summed E-state index contributed by atoms with van der Waals surface area (Å²) < 4.78 is 69.5. The number of carbonyl (C=O) groups excluding carboxylic acids is 2. The minimum absolute atomic E-state index is 0.0106. The molecule has 0 bridgehead atoms. The number of nitrogens with one attached hydrogen (secondary N) is 1. The lowest BCUT2D eigenvalue weighted by Gasteiger charge is -2.30. The summed E-state index contributed by atoms with van der Waals surface area (Å²) in [6.07, 6.45) is -0.426. The van der Waals surface area contributed by atoms with E-state index in [-0.39, 0.29) is 41.4 Å². The second-order valence-corrected chi connectivity index (χ2v) is 11.9. The van der Waals surface area contributed by atoms with E-state index in [0.717, 1.165) is 25.0 Å². The SMILES string of the molecule is CCOc1c(CC(N)=O)cc([C@@](O)(CNC(=O)c2cc(OC)c3nn(C4CC4)cc3c2)C2CC2)nc1-c1cccc(C(F)(F)F)c1F. The number of nitrogens with zero attached hydrogens (tertiary/aromatic N) is 3. The van der Waals surface area contributed by atoms with Gasteiger partial charge >= 0.3 is 6.18 Å². The molecule has 248 valence electrons. The topological polar surface area (TPSA) is 142 Å². The number of carbonyl (C=O) groups is 2. The van der Waals surface area contributed by atoms with Crippen molar-refractivity contribution in [2.24, 2.45) is 11.7 Å². The van der Waals surface area contributed by atoms with E-state index in [4.69, 9.17) is 15.2 Å². The highest BCUT2D eigenvalue weighted by molar-refractivity contribution is 6.00. The molecule has 14 heteroatoms. The maximum Gasteiger partial charge on any atom is 0.419 e. The van der Waals surface area contributed by atoms with Crippen LogP contribution in [0.4, 0.5) is 17.6 Å². The van der Waals surface area contributed by atoms with Crippen LogP contribution in [0.5, 0.6) is 11.5 Å². The van der Waals surface area contributed by atoms with Gasteiger partial charge in [-0.1, -0.05) is 6.07 Å². The molecule has 6 rings (SSSR count). The summed E-state index contributed by atoms with van der Waals surface area (Å²) in [6.45, 7) is 1.27. The molecule has 0 unspecified atom stereocenters. The van der Waals surface area contributed by atoms with Crippen molar-refractivity contribution in [2.75, 3.05) is 20.3 Å². The van der Waals surface area contributed by atoms with Crippen LogP contribution in [-0.4, -0.2) is 51.9 Å². The molecule has 2 aliphatic carbocycles. The van der Waals surface area contributed by atoms with Gasteiger partial charge in [0.15, 0.2) is 0 Å². The highest BCUT2D eigenvalue weighted by Gasteiger charge is 2.47. The first-order valence-electron chi connectivity index (χ1n) is 15.2. The first-order chi connectivity index (χ1) is 22.3. The third-order valence-corrected chi connectivity index (χ3v) is 8.47. The first-order valence-corrected chi connectivity index (χ1v) is 15.2. The number of aromatic nitrogens is 3. The van der Waals surface area contributed by atoms with Crippen LogP contribution in [0, 0.1) is 11.7 Å². The number of aliphatic hydroxyl groups is 1. The number of benzene rings is 2. The van der Waals surface area contributed by atoms with Crippen LogP contribution >= 0.6 is 0 Å². The number of halogens is 4. The molecule has 2 aliphatic rings. The van der Waals surface area contributed by atoms with Gasteiger partial charge in [0.2, 0.25) is 5.91 Å². The molecule has 0 aliphatic heterocycles. The van der Waals surface area contributed by atoms with Crippen molar-refractivity contribution in [1.29, 1.82) is 0 Å². The van der Waals surface area contributed by atoms with E-state index in [1.54, 1.807) is 19.1 Å². The van der Waals surface area contributed by atoms with Gasteiger partial charge in [0.1, 0.15) is 34.1 Å². The van der Waals surface area contributed by atoms with E-state index < -0.39 is 52.9 Å². The molecule has 4 N–H and O–H groups in total. The van der Waals surface area contributed by atoms with Gasteiger partial charge in [-0.05, 0) is 68.9 Å². The van der Waals surface area contributed by atoms with E-state index >= 15 is 4.39 Å². The zero-order valence-electron chi connectivity index (χ0n) is 25.7. The van der Waals surface area contributed by atoms with Gasteiger partial charge in [0.25, 0.3) is 5.91 Å². The van der Waals surface area contributed by atoms with Gasteiger partial charge in [-0.2, -0.15) is 18.3 Å². The minimum Gasteiger partial charge on any atom is -0.494 e. The van der Waals surface area contributed by atoms with Gasteiger partial charge in [-0.15, -0.1) is 0 Å². The predicted octanol–water partition coefficient (Wildman–Crippen LogP) is 5.05. The molecule has 2 fully saturated rings. The van der Waals surface area contributed by atoms with Crippen LogP contribution in [0.1, 0.15) is 65.8 Å². The zero-order chi connectivity index (χ0) is 33.7. The first kappa shape index (κ1) is 32.2. The fourth-order valence-electron chi connectivity index (χ4n) is 5.81. The summed E-state index contributed by atoms with van der Waals surface area (Å²) in [4.78, 5) is 30.0. The number of hydrogen-bond acceptors (Lipinski definition) is 7. The number of primary amides is 1. The molecule has 4 aromatic rings. The second kappa shape index (κ2) is 12.1. The van der Waals surface area contributed by atoms with E-state index in [1.807, 2.05) is 10.9 Å². The lowest BCUT2D eigenvalue weighted by Crippen LogP contribution is -2.43. The van der Waals surface area contributed by atoms with Crippen LogP contribution < -0.4 is 20.5 Å². The number of rotatable bonds is 12. The molecule has 2 heterocycles. The van der Waals surface area contributed by atoms with Gasteiger partial charge in [-0.3, -0.25) is 14.3 Å². The Morgan fingerprint density at radius 3 is 2.51 bits per heavy atom. The lowest BCUT2D eigenvalue weighted by atomic mass is 9.90. The number of methoxy groups -OCH3 is 1. The average Bonchev–Trinajstić information content (AvgIpc) is 3.96. The Labute approximate surface area is 266 Å².